The minimum absolute atomic E-state index is 0.382. The summed E-state index contributed by atoms with van der Waals surface area (Å²) in [6.45, 7) is 6.21. The van der Waals surface area contributed by atoms with Crippen molar-refractivity contribution in [3.05, 3.63) is 41.0 Å². The van der Waals surface area contributed by atoms with Gasteiger partial charge in [-0.05, 0) is 36.2 Å². The van der Waals surface area contributed by atoms with Gasteiger partial charge in [-0.1, -0.05) is 24.8 Å². The maximum atomic E-state index is 11.0. The standard InChI is InChI=1S/C12H17NO3S/c1-4-12-9(2)5-10(7-13-3)6-11(12)8-17(14,15)16/h4-6,13H,1,7-8H2,2-3H3,(H,14,15,16). The fourth-order valence-electron chi connectivity index (χ4n) is 1.87. The quantitative estimate of drug-likeness (QED) is 0.787. The lowest BCUT2D eigenvalue weighted by atomic mass is 9.99. The number of aryl methyl sites for hydroxylation is 1. The van der Waals surface area contributed by atoms with Crippen molar-refractivity contribution in [3.8, 4) is 0 Å². The highest BCUT2D eigenvalue weighted by Gasteiger charge is 2.12. The Kier molecular flexibility index (Phi) is 4.45. The number of hydrogen-bond donors (Lipinski definition) is 2. The van der Waals surface area contributed by atoms with E-state index in [9.17, 15) is 8.42 Å². The lowest BCUT2D eigenvalue weighted by Crippen LogP contribution is -2.09. The number of rotatable bonds is 5. The molecule has 0 spiro atoms. The van der Waals surface area contributed by atoms with E-state index >= 15 is 0 Å². The van der Waals surface area contributed by atoms with Gasteiger partial charge in [0, 0.05) is 6.54 Å². The Labute approximate surface area is 102 Å². The van der Waals surface area contributed by atoms with Gasteiger partial charge in [0.15, 0.2) is 0 Å². The van der Waals surface area contributed by atoms with Crippen molar-refractivity contribution in [3.63, 3.8) is 0 Å². The average Bonchev–Trinajstić information content (AvgIpc) is 2.15. The van der Waals surface area contributed by atoms with Crippen LogP contribution in [-0.4, -0.2) is 20.0 Å². The zero-order chi connectivity index (χ0) is 13.1. The molecule has 0 aliphatic heterocycles. The van der Waals surface area contributed by atoms with Crippen molar-refractivity contribution < 1.29 is 13.0 Å². The Morgan fingerprint density at radius 1 is 1.47 bits per heavy atom. The van der Waals surface area contributed by atoms with E-state index in [0.29, 0.717) is 12.1 Å². The summed E-state index contributed by atoms with van der Waals surface area (Å²) < 4.78 is 30.8. The van der Waals surface area contributed by atoms with E-state index in [-0.39, 0.29) is 5.75 Å². The van der Waals surface area contributed by atoms with Crippen LogP contribution in [0.2, 0.25) is 0 Å². The highest BCUT2D eigenvalue weighted by atomic mass is 32.2. The molecule has 0 aromatic heterocycles. The summed E-state index contributed by atoms with van der Waals surface area (Å²) in [4.78, 5) is 0. The van der Waals surface area contributed by atoms with Gasteiger partial charge in [-0.2, -0.15) is 8.42 Å². The third kappa shape index (κ3) is 3.96. The summed E-state index contributed by atoms with van der Waals surface area (Å²) >= 11 is 0. The first-order valence-electron chi connectivity index (χ1n) is 5.22. The number of hydrogen-bond acceptors (Lipinski definition) is 3. The van der Waals surface area contributed by atoms with Crippen LogP contribution >= 0.6 is 0 Å². The van der Waals surface area contributed by atoms with E-state index in [1.165, 1.54) is 0 Å². The van der Waals surface area contributed by atoms with Crippen LogP contribution in [0.1, 0.15) is 22.3 Å². The summed E-state index contributed by atoms with van der Waals surface area (Å²) in [5.41, 5.74) is 3.27. The molecule has 0 amide bonds. The Morgan fingerprint density at radius 2 is 2.12 bits per heavy atom. The van der Waals surface area contributed by atoms with Gasteiger partial charge in [0.05, 0.1) is 0 Å². The van der Waals surface area contributed by atoms with E-state index in [0.717, 1.165) is 16.7 Å². The SMILES string of the molecule is C=Cc1c(C)cc(CNC)cc1CS(=O)(=O)O. The van der Waals surface area contributed by atoms with Crippen LogP contribution in [0.5, 0.6) is 0 Å². The molecule has 94 valence electrons. The van der Waals surface area contributed by atoms with Gasteiger partial charge in [0.1, 0.15) is 5.75 Å². The van der Waals surface area contributed by atoms with Crippen molar-refractivity contribution >= 4 is 16.2 Å². The largest absolute Gasteiger partial charge is 0.316 e. The molecule has 0 aliphatic rings. The smallest absolute Gasteiger partial charge is 0.269 e. The van der Waals surface area contributed by atoms with Gasteiger partial charge in [0.25, 0.3) is 10.1 Å². The van der Waals surface area contributed by atoms with E-state index in [4.69, 9.17) is 4.55 Å². The van der Waals surface area contributed by atoms with Gasteiger partial charge in [-0.3, -0.25) is 4.55 Å². The molecule has 5 heteroatoms. The Hall–Kier alpha value is -1.17. The highest BCUT2D eigenvalue weighted by molar-refractivity contribution is 7.85. The van der Waals surface area contributed by atoms with Crippen molar-refractivity contribution in [2.75, 3.05) is 7.05 Å². The van der Waals surface area contributed by atoms with E-state index in [1.807, 2.05) is 20.0 Å². The zero-order valence-electron chi connectivity index (χ0n) is 10.0. The summed E-state index contributed by atoms with van der Waals surface area (Å²) in [5, 5.41) is 3.00. The van der Waals surface area contributed by atoms with Crippen LogP contribution in [0.25, 0.3) is 6.08 Å². The second-order valence-corrected chi connectivity index (χ2v) is 5.40. The first kappa shape index (κ1) is 13.9. The molecule has 2 N–H and O–H groups in total. The molecule has 0 saturated carbocycles. The van der Waals surface area contributed by atoms with E-state index in [1.54, 1.807) is 12.1 Å². The van der Waals surface area contributed by atoms with Gasteiger partial charge >= 0.3 is 0 Å². The van der Waals surface area contributed by atoms with Crippen LogP contribution in [0.3, 0.4) is 0 Å². The number of benzene rings is 1. The van der Waals surface area contributed by atoms with Gasteiger partial charge in [-0.25, -0.2) is 0 Å². The maximum absolute atomic E-state index is 11.0. The van der Waals surface area contributed by atoms with Crippen LogP contribution < -0.4 is 5.32 Å². The molecule has 17 heavy (non-hydrogen) atoms. The monoisotopic (exact) mass is 255 g/mol. The maximum Gasteiger partial charge on any atom is 0.269 e. The summed E-state index contributed by atoms with van der Waals surface area (Å²) in [6.07, 6.45) is 1.61. The second kappa shape index (κ2) is 5.44. The average molecular weight is 255 g/mol. The molecule has 4 nitrogen and oxygen atoms in total. The van der Waals surface area contributed by atoms with Gasteiger partial charge in [0.2, 0.25) is 0 Å². The lowest BCUT2D eigenvalue weighted by Gasteiger charge is -2.11. The van der Waals surface area contributed by atoms with Crippen molar-refractivity contribution in [2.45, 2.75) is 19.2 Å². The van der Waals surface area contributed by atoms with Crippen LogP contribution in [0.4, 0.5) is 0 Å². The molecule has 0 bridgehead atoms. The molecule has 1 aromatic rings. The Balaban J connectivity index is 3.28. The Morgan fingerprint density at radius 3 is 2.59 bits per heavy atom. The molecule has 1 aromatic carbocycles. The summed E-state index contributed by atoms with van der Waals surface area (Å²) in [6, 6.07) is 3.75. The molecule has 0 radical (unpaired) electrons. The molecule has 0 atom stereocenters. The van der Waals surface area contributed by atoms with E-state index in [2.05, 4.69) is 11.9 Å². The minimum atomic E-state index is -4.03. The molecule has 0 fully saturated rings. The first-order chi connectivity index (χ1) is 7.87. The van der Waals surface area contributed by atoms with E-state index < -0.39 is 10.1 Å². The van der Waals surface area contributed by atoms with Crippen molar-refractivity contribution in [2.24, 2.45) is 0 Å². The molecular weight excluding hydrogens is 238 g/mol. The third-order valence-electron chi connectivity index (χ3n) is 2.46. The molecule has 0 saturated heterocycles. The fourth-order valence-corrected chi connectivity index (χ4v) is 2.50. The fraction of sp³-hybridized carbons (Fsp3) is 0.333. The highest BCUT2D eigenvalue weighted by Crippen LogP contribution is 2.20. The van der Waals surface area contributed by atoms with Gasteiger partial charge < -0.3 is 5.32 Å². The summed E-state index contributed by atoms with van der Waals surface area (Å²) in [7, 11) is -2.21. The Bertz CT molecular complexity index is 521. The number of nitrogens with one attached hydrogen (secondary N) is 1. The molecule has 0 aliphatic carbocycles. The predicted octanol–water partition coefficient (Wildman–Crippen LogP) is 1.75. The van der Waals surface area contributed by atoms with Gasteiger partial charge in [-0.15, -0.1) is 0 Å². The first-order valence-corrected chi connectivity index (χ1v) is 6.83. The molecule has 0 heterocycles. The topological polar surface area (TPSA) is 66.4 Å². The molecular formula is C12H17NO3S. The third-order valence-corrected chi connectivity index (χ3v) is 3.13. The molecule has 1 rings (SSSR count). The minimum Gasteiger partial charge on any atom is -0.316 e. The van der Waals surface area contributed by atoms with Crippen LogP contribution in [0.15, 0.2) is 18.7 Å². The van der Waals surface area contributed by atoms with Crippen molar-refractivity contribution in [1.82, 2.24) is 5.32 Å². The lowest BCUT2D eigenvalue weighted by molar-refractivity contribution is 0.482. The van der Waals surface area contributed by atoms with Crippen molar-refractivity contribution in [1.29, 1.82) is 0 Å². The predicted molar refractivity (Wildman–Crippen MR) is 69.3 cm³/mol. The second-order valence-electron chi connectivity index (χ2n) is 3.95. The zero-order valence-corrected chi connectivity index (χ0v) is 10.8. The van der Waals surface area contributed by atoms with Crippen LogP contribution in [0, 0.1) is 6.92 Å². The molecule has 0 unspecified atom stereocenters. The summed E-state index contributed by atoms with van der Waals surface area (Å²) in [5.74, 6) is -0.382. The van der Waals surface area contributed by atoms with Crippen LogP contribution in [-0.2, 0) is 22.4 Å². The normalized spacial score (nSPS) is 11.5.